The average molecular weight is 274 g/mol. The van der Waals surface area contributed by atoms with Gasteiger partial charge in [-0.25, -0.2) is 4.79 Å². The molecule has 0 aromatic heterocycles. The van der Waals surface area contributed by atoms with Gasteiger partial charge in [0.05, 0.1) is 12.6 Å². The SMILES string of the molecule is CCCC(C)(N)C(=O)N[C@@H](CCC(=O)OC)C(=O)O. The van der Waals surface area contributed by atoms with Crippen molar-refractivity contribution < 1.29 is 24.2 Å². The molecule has 0 aliphatic heterocycles. The van der Waals surface area contributed by atoms with E-state index in [4.69, 9.17) is 10.8 Å². The summed E-state index contributed by atoms with van der Waals surface area (Å²) in [5.41, 5.74) is 4.69. The molecule has 19 heavy (non-hydrogen) atoms. The predicted octanol–water partition coefficient (Wildman–Crippen LogP) is 0.0265. The Kier molecular flexibility index (Phi) is 7.06. The number of carboxylic acids is 1. The molecule has 1 amide bonds. The number of nitrogens with two attached hydrogens (primary N) is 1. The van der Waals surface area contributed by atoms with Gasteiger partial charge in [0.1, 0.15) is 6.04 Å². The zero-order valence-electron chi connectivity index (χ0n) is 11.6. The molecule has 0 aliphatic rings. The molecule has 0 aromatic carbocycles. The van der Waals surface area contributed by atoms with Crippen LogP contribution < -0.4 is 11.1 Å². The Morgan fingerprint density at radius 1 is 1.42 bits per heavy atom. The summed E-state index contributed by atoms with van der Waals surface area (Å²) >= 11 is 0. The zero-order valence-corrected chi connectivity index (χ0v) is 11.6. The molecule has 0 saturated carbocycles. The number of hydrogen-bond donors (Lipinski definition) is 3. The van der Waals surface area contributed by atoms with Crippen LogP contribution in [-0.2, 0) is 19.1 Å². The van der Waals surface area contributed by atoms with Gasteiger partial charge in [-0.2, -0.15) is 0 Å². The maximum atomic E-state index is 11.9. The summed E-state index contributed by atoms with van der Waals surface area (Å²) in [7, 11) is 1.22. The van der Waals surface area contributed by atoms with Crippen molar-refractivity contribution in [2.45, 2.75) is 51.1 Å². The number of methoxy groups -OCH3 is 1. The highest BCUT2D eigenvalue weighted by atomic mass is 16.5. The van der Waals surface area contributed by atoms with E-state index >= 15 is 0 Å². The molecule has 0 heterocycles. The van der Waals surface area contributed by atoms with Gasteiger partial charge >= 0.3 is 11.9 Å². The number of hydrogen-bond acceptors (Lipinski definition) is 5. The molecule has 2 atom stereocenters. The maximum absolute atomic E-state index is 11.9. The third-order valence-electron chi connectivity index (χ3n) is 2.76. The largest absolute Gasteiger partial charge is 0.480 e. The highest BCUT2D eigenvalue weighted by Gasteiger charge is 2.31. The normalized spacial score (nSPS) is 15.2. The zero-order chi connectivity index (χ0) is 15.1. The number of aliphatic carboxylic acids is 1. The second-order valence-corrected chi connectivity index (χ2v) is 4.65. The van der Waals surface area contributed by atoms with Gasteiger partial charge in [0.2, 0.25) is 5.91 Å². The fraction of sp³-hybridized carbons (Fsp3) is 0.750. The first-order valence-corrected chi connectivity index (χ1v) is 6.14. The molecule has 4 N–H and O–H groups in total. The molecule has 0 spiro atoms. The number of rotatable bonds is 8. The number of esters is 1. The van der Waals surface area contributed by atoms with Crippen LogP contribution >= 0.6 is 0 Å². The first-order valence-electron chi connectivity index (χ1n) is 6.14. The molecule has 0 rings (SSSR count). The van der Waals surface area contributed by atoms with Crippen molar-refractivity contribution in [3.8, 4) is 0 Å². The third kappa shape index (κ3) is 6.19. The Labute approximate surface area is 112 Å². The van der Waals surface area contributed by atoms with Crippen LogP contribution in [0.1, 0.15) is 39.5 Å². The first-order chi connectivity index (χ1) is 8.74. The smallest absolute Gasteiger partial charge is 0.326 e. The Hall–Kier alpha value is -1.63. The van der Waals surface area contributed by atoms with Gasteiger partial charge in [0.25, 0.3) is 0 Å². The van der Waals surface area contributed by atoms with Crippen molar-refractivity contribution in [1.82, 2.24) is 5.32 Å². The molecular formula is C12H22N2O5. The van der Waals surface area contributed by atoms with Crippen LogP contribution in [-0.4, -0.2) is 41.6 Å². The van der Waals surface area contributed by atoms with Gasteiger partial charge < -0.3 is 20.9 Å². The van der Waals surface area contributed by atoms with E-state index in [0.29, 0.717) is 12.8 Å². The van der Waals surface area contributed by atoms with Gasteiger partial charge in [0.15, 0.2) is 0 Å². The number of carbonyl (C=O) groups excluding carboxylic acids is 2. The minimum absolute atomic E-state index is 0.0318. The van der Waals surface area contributed by atoms with Crippen molar-refractivity contribution in [3.63, 3.8) is 0 Å². The van der Waals surface area contributed by atoms with Crippen molar-refractivity contribution in [3.05, 3.63) is 0 Å². The molecule has 7 heteroatoms. The van der Waals surface area contributed by atoms with Crippen LogP contribution in [0.3, 0.4) is 0 Å². The summed E-state index contributed by atoms with van der Waals surface area (Å²) in [5, 5.41) is 11.3. The van der Waals surface area contributed by atoms with Crippen LogP contribution in [0, 0.1) is 0 Å². The topological polar surface area (TPSA) is 119 Å². The molecule has 0 bridgehead atoms. The van der Waals surface area contributed by atoms with E-state index in [9.17, 15) is 14.4 Å². The van der Waals surface area contributed by atoms with E-state index in [1.807, 2.05) is 6.92 Å². The summed E-state index contributed by atoms with van der Waals surface area (Å²) in [6.07, 6.45) is 1.04. The van der Waals surface area contributed by atoms with Crippen molar-refractivity contribution in [2.24, 2.45) is 5.73 Å². The second-order valence-electron chi connectivity index (χ2n) is 4.65. The Balaban J connectivity index is 4.54. The Bertz CT molecular complexity index is 341. The standard InChI is InChI=1S/C12H22N2O5/c1-4-7-12(2,13)11(18)14-8(10(16)17)5-6-9(15)19-3/h8H,4-7,13H2,1-3H3,(H,14,18)(H,16,17)/t8-,12?/m0/s1. The van der Waals surface area contributed by atoms with E-state index in [0.717, 1.165) is 0 Å². The lowest BCUT2D eigenvalue weighted by Crippen LogP contribution is -2.55. The van der Waals surface area contributed by atoms with Crippen molar-refractivity contribution in [2.75, 3.05) is 7.11 Å². The summed E-state index contributed by atoms with van der Waals surface area (Å²) in [4.78, 5) is 33.9. The summed E-state index contributed by atoms with van der Waals surface area (Å²) in [5.74, 6) is -2.26. The lowest BCUT2D eigenvalue weighted by atomic mass is 9.96. The van der Waals surface area contributed by atoms with E-state index in [-0.39, 0.29) is 12.8 Å². The molecule has 0 fully saturated rings. The van der Waals surface area contributed by atoms with Gasteiger partial charge in [-0.3, -0.25) is 9.59 Å². The molecule has 1 unspecified atom stereocenters. The number of amides is 1. The molecular weight excluding hydrogens is 252 g/mol. The van der Waals surface area contributed by atoms with Crippen LogP contribution in [0.4, 0.5) is 0 Å². The quantitative estimate of drug-likeness (QED) is 0.537. The van der Waals surface area contributed by atoms with E-state index in [1.54, 1.807) is 6.92 Å². The number of carboxylic acid groups (broad SMARTS) is 1. The first kappa shape index (κ1) is 17.4. The fourth-order valence-corrected chi connectivity index (χ4v) is 1.58. The van der Waals surface area contributed by atoms with Crippen molar-refractivity contribution in [1.29, 1.82) is 0 Å². The monoisotopic (exact) mass is 274 g/mol. The van der Waals surface area contributed by atoms with Crippen LogP contribution in [0.5, 0.6) is 0 Å². The summed E-state index contributed by atoms with van der Waals surface area (Å²) in [6.45, 7) is 3.43. The molecule has 110 valence electrons. The molecule has 0 aromatic rings. The molecule has 0 aliphatic carbocycles. The molecule has 0 saturated heterocycles. The van der Waals surface area contributed by atoms with Crippen molar-refractivity contribution >= 4 is 17.8 Å². The molecule has 7 nitrogen and oxygen atoms in total. The Morgan fingerprint density at radius 2 is 2.00 bits per heavy atom. The van der Waals surface area contributed by atoms with Gasteiger partial charge in [0, 0.05) is 6.42 Å². The third-order valence-corrected chi connectivity index (χ3v) is 2.76. The minimum Gasteiger partial charge on any atom is -0.480 e. The van der Waals surface area contributed by atoms with E-state index in [1.165, 1.54) is 7.11 Å². The second kappa shape index (κ2) is 7.73. The fourth-order valence-electron chi connectivity index (χ4n) is 1.58. The van der Waals surface area contributed by atoms with Gasteiger partial charge in [-0.15, -0.1) is 0 Å². The van der Waals surface area contributed by atoms with Gasteiger partial charge in [-0.1, -0.05) is 13.3 Å². The summed E-state index contributed by atoms with van der Waals surface area (Å²) in [6, 6.07) is -1.15. The lowest BCUT2D eigenvalue weighted by Gasteiger charge is -2.25. The van der Waals surface area contributed by atoms with E-state index < -0.39 is 29.4 Å². The number of carbonyl (C=O) groups is 3. The summed E-state index contributed by atoms with van der Waals surface area (Å²) < 4.78 is 4.42. The molecule has 0 radical (unpaired) electrons. The van der Waals surface area contributed by atoms with Crippen LogP contribution in [0.2, 0.25) is 0 Å². The van der Waals surface area contributed by atoms with Crippen LogP contribution in [0.25, 0.3) is 0 Å². The Morgan fingerprint density at radius 3 is 2.42 bits per heavy atom. The highest BCUT2D eigenvalue weighted by molar-refractivity contribution is 5.89. The highest BCUT2D eigenvalue weighted by Crippen LogP contribution is 2.10. The van der Waals surface area contributed by atoms with Crippen LogP contribution in [0.15, 0.2) is 0 Å². The lowest BCUT2D eigenvalue weighted by molar-refractivity contribution is -0.144. The van der Waals surface area contributed by atoms with Gasteiger partial charge in [-0.05, 0) is 19.8 Å². The number of nitrogens with one attached hydrogen (secondary N) is 1. The average Bonchev–Trinajstić information content (AvgIpc) is 2.32. The minimum atomic E-state index is -1.20. The van der Waals surface area contributed by atoms with E-state index in [2.05, 4.69) is 10.1 Å². The predicted molar refractivity (Wildman–Crippen MR) is 68.3 cm³/mol. The maximum Gasteiger partial charge on any atom is 0.326 e. The number of ether oxygens (including phenoxy) is 1.